The minimum atomic E-state index is -0.493. The fourth-order valence-corrected chi connectivity index (χ4v) is 3.80. The van der Waals surface area contributed by atoms with E-state index in [9.17, 15) is 14.0 Å². The summed E-state index contributed by atoms with van der Waals surface area (Å²) in [5.74, 6) is -0.868. The van der Waals surface area contributed by atoms with E-state index in [-0.39, 0.29) is 23.5 Å². The van der Waals surface area contributed by atoms with Crippen molar-refractivity contribution in [2.75, 3.05) is 4.90 Å². The standard InChI is InChI=1S/C20H22FN3O2S/c1-13(2)23(16-9-10-16)19(26)11-8-15-12-27-20(22-15)24(14(3)25)18-7-5-4-6-17(18)21/h4-8,11-13,16H,9-10H2,1-3H3/b11-8+. The second kappa shape index (κ2) is 8.00. The molecule has 1 aliphatic carbocycles. The smallest absolute Gasteiger partial charge is 0.247 e. The van der Waals surface area contributed by atoms with Gasteiger partial charge in [-0.15, -0.1) is 11.3 Å². The van der Waals surface area contributed by atoms with Gasteiger partial charge in [0.15, 0.2) is 5.13 Å². The summed E-state index contributed by atoms with van der Waals surface area (Å²) in [6.45, 7) is 5.37. The first kappa shape index (κ1) is 19.2. The van der Waals surface area contributed by atoms with Crippen LogP contribution < -0.4 is 4.90 Å². The van der Waals surface area contributed by atoms with E-state index < -0.39 is 5.82 Å². The van der Waals surface area contributed by atoms with Crippen LogP contribution in [0.25, 0.3) is 6.08 Å². The monoisotopic (exact) mass is 387 g/mol. The molecule has 1 aliphatic rings. The normalized spacial score (nSPS) is 14.0. The van der Waals surface area contributed by atoms with Crippen molar-refractivity contribution < 1.29 is 14.0 Å². The molecule has 3 rings (SSSR count). The maximum absolute atomic E-state index is 14.1. The number of carbonyl (C=O) groups is 2. The summed E-state index contributed by atoms with van der Waals surface area (Å²) in [4.78, 5) is 32.0. The molecule has 1 aromatic heterocycles. The Balaban J connectivity index is 1.80. The van der Waals surface area contributed by atoms with Crippen LogP contribution in [-0.2, 0) is 9.59 Å². The van der Waals surface area contributed by atoms with Gasteiger partial charge in [-0.1, -0.05) is 12.1 Å². The Morgan fingerprint density at radius 1 is 1.30 bits per heavy atom. The quantitative estimate of drug-likeness (QED) is 0.691. The molecule has 0 aliphatic heterocycles. The van der Waals surface area contributed by atoms with E-state index in [1.165, 1.54) is 41.4 Å². The lowest BCUT2D eigenvalue weighted by Gasteiger charge is -2.25. The van der Waals surface area contributed by atoms with E-state index in [0.717, 1.165) is 12.8 Å². The van der Waals surface area contributed by atoms with Crippen LogP contribution in [0.2, 0.25) is 0 Å². The number of hydrogen-bond donors (Lipinski definition) is 0. The average molecular weight is 387 g/mol. The van der Waals surface area contributed by atoms with Crippen molar-refractivity contribution in [2.24, 2.45) is 0 Å². The zero-order chi connectivity index (χ0) is 19.6. The molecule has 0 N–H and O–H groups in total. The number of halogens is 1. The molecule has 2 amide bonds. The van der Waals surface area contributed by atoms with E-state index in [0.29, 0.717) is 16.9 Å². The van der Waals surface area contributed by atoms with Crippen LogP contribution in [0.15, 0.2) is 35.7 Å². The lowest BCUT2D eigenvalue weighted by molar-refractivity contribution is -0.128. The Kier molecular flexibility index (Phi) is 5.70. The number of benzene rings is 1. The minimum absolute atomic E-state index is 0.0421. The molecule has 5 nitrogen and oxygen atoms in total. The predicted octanol–water partition coefficient (Wildman–Crippen LogP) is 4.38. The summed E-state index contributed by atoms with van der Waals surface area (Å²) >= 11 is 1.23. The molecule has 2 aromatic rings. The van der Waals surface area contributed by atoms with Crippen LogP contribution in [0.1, 0.15) is 39.3 Å². The minimum Gasteiger partial charge on any atom is -0.334 e. The van der Waals surface area contributed by atoms with Crippen molar-refractivity contribution in [3.63, 3.8) is 0 Å². The first-order chi connectivity index (χ1) is 12.9. The topological polar surface area (TPSA) is 53.5 Å². The van der Waals surface area contributed by atoms with Crippen molar-refractivity contribution >= 4 is 40.0 Å². The summed E-state index contributed by atoms with van der Waals surface area (Å²) in [6, 6.07) is 6.56. The highest BCUT2D eigenvalue weighted by Gasteiger charge is 2.33. The van der Waals surface area contributed by atoms with Crippen molar-refractivity contribution in [1.82, 2.24) is 9.88 Å². The Morgan fingerprint density at radius 2 is 2.00 bits per heavy atom. The number of thiazole rings is 1. The highest BCUT2D eigenvalue weighted by Crippen LogP contribution is 2.31. The van der Waals surface area contributed by atoms with Crippen LogP contribution in [0.4, 0.5) is 15.2 Å². The lowest BCUT2D eigenvalue weighted by Crippen LogP contribution is -2.37. The van der Waals surface area contributed by atoms with Gasteiger partial charge >= 0.3 is 0 Å². The highest BCUT2D eigenvalue weighted by molar-refractivity contribution is 7.14. The summed E-state index contributed by atoms with van der Waals surface area (Å²) in [6.07, 6.45) is 5.25. The van der Waals surface area contributed by atoms with E-state index in [2.05, 4.69) is 4.98 Å². The Bertz CT molecular complexity index is 872. The number of carbonyl (C=O) groups excluding carboxylic acids is 2. The number of anilines is 2. The summed E-state index contributed by atoms with van der Waals surface area (Å²) < 4.78 is 14.1. The van der Waals surface area contributed by atoms with E-state index >= 15 is 0 Å². The molecule has 7 heteroatoms. The molecule has 1 fully saturated rings. The van der Waals surface area contributed by atoms with Gasteiger partial charge in [0.25, 0.3) is 0 Å². The Labute approximate surface area is 162 Å². The predicted molar refractivity (Wildman–Crippen MR) is 105 cm³/mol. The van der Waals surface area contributed by atoms with Crippen LogP contribution in [0.3, 0.4) is 0 Å². The molecule has 1 aromatic carbocycles. The summed E-state index contributed by atoms with van der Waals surface area (Å²) in [7, 11) is 0. The number of aromatic nitrogens is 1. The van der Waals surface area contributed by atoms with Gasteiger partial charge in [-0.3, -0.25) is 14.5 Å². The second-order valence-corrected chi connectivity index (χ2v) is 7.60. The fraction of sp³-hybridized carbons (Fsp3) is 0.350. The Hall–Kier alpha value is -2.54. The van der Waals surface area contributed by atoms with Crippen molar-refractivity contribution in [1.29, 1.82) is 0 Å². The van der Waals surface area contributed by atoms with E-state index in [1.807, 2.05) is 18.7 Å². The number of hydrogen-bond acceptors (Lipinski definition) is 4. The first-order valence-corrected chi connectivity index (χ1v) is 9.77. The van der Waals surface area contributed by atoms with Crippen LogP contribution >= 0.6 is 11.3 Å². The number of nitrogens with zero attached hydrogens (tertiary/aromatic N) is 3. The average Bonchev–Trinajstić information content (AvgIpc) is 3.32. The van der Waals surface area contributed by atoms with Gasteiger partial charge in [-0.2, -0.15) is 0 Å². The summed E-state index contributed by atoms with van der Waals surface area (Å²) in [5.41, 5.74) is 0.719. The molecule has 0 saturated heterocycles. The van der Waals surface area contributed by atoms with Gasteiger partial charge < -0.3 is 4.90 Å². The molecule has 1 heterocycles. The zero-order valence-corrected chi connectivity index (χ0v) is 16.4. The molecule has 0 radical (unpaired) electrons. The van der Waals surface area contributed by atoms with Crippen LogP contribution in [0, 0.1) is 5.82 Å². The van der Waals surface area contributed by atoms with Gasteiger partial charge in [0.1, 0.15) is 5.82 Å². The molecule has 0 bridgehead atoms. The first-order valence-electron chi connectivity index (χ1n) is 8.89. The molecular weight excluding hydrogens is 365 g/mol. The molecular formula is C20H22FN3O2S. The Morgan fingerprint density at radius 3 is 2.59 bits per heavy atom. The third kappa shape index (κ3) is 4.42. The van der Waals surface area contributed by atoms with Crippen molar-refractivity contribution in [2.45, 2.75) is 45.7 Å². The van der Waals surface area contributed by atoms with E-state index in [4.69, 9.17) is 0 Å². The maximum Gasteiger partial charge on any atom is 0.247 e. The van der Waals surface area contributed by atoms with Gasteiger partial charge in [0.2, 0.25) is 11.8 Å². The zero-order valence-electron chi connectivity index (χ0n) is 15.6. The molecule has 0 atom stereocenters. The SMILES string of the molecule is CC(=O)N(c1nc(/C=C/C(=O)N(C(C)C)C2CC2)cs1)c1ccccc1F. The molecule has 27 heavy (non-hydrogen) atoms. The number of para-hydroxylation sites is 1. The highest BCUT2D eigenvalue weighted by atomic mass is 32.1. The lowest BCUT2D eigenvalue weighted by atomic mass is 10.2. The molecule has 0 spiro atoms. The number of rotatable bonds is 6. The third-order valence-corrected chi connectivity index (χ3v) is 5.10. The third-order valence-electron chi connectivity index (χ3n) is 4.26. The number of amides is 2. The van der Waals surface area contributed by atoms with Crippen molar-refractivity contribution in [3.8, 4) is 0 Å². The van der Waals surface area contributed by atoms with Gasteiger partial charge in [0, 0.05) is 30.5 Å². The fourth-order valence-electron chi connectivity index (χ4n) is 2.95. The van der Waals surface area contributed by atoms with Gasteiger partial charge in [-0.25, -0.2) is 9.37 Å². The van der Waals surface area contributed by atoms with Crippen LogP contribution in [0.5, 0.6) is 0 Å². The molecule has 1 saturated carbocycles. The van der Waals surface area contributed by atoms with Gasteiger partial charge in [-0.05, 0) is 44.9 Å². The largest absolute Gasteiger partial charge is 0.334 e. The summed E-state index contributed by atoms with van der Waals surface area (Å²) in [5, 5.41) is 2.11. The molecule has 0 unspecified atom stereocenters. The molecule has 142 valence electrons. The van der Waals surface area contributed by atoms with Gasteiger partial charge in [0.05, 0.1) is 11.4 Å². The van der Waals surface area contributed by atoms with Crippen LogP contribution in [-0.4, -0.2) is 33.8 Å². The second-order valence-electron chi connectivity index (χ2n) is 6.76. The maximum atomic E-state index is 14.1. The van der Waals surface area contributed by atoms with E-state index in [1.54, 1.807) is 23.6 Å². The van der Waals surface area contributed by atoms with Crippen molar-refractivity contribution in [3.05, 3.63) is 47.2 Å².